The van der Waals surface area contributed by atoms with Crippen molar-refractivity contribution in [3.8, 4) is 0 Å². The summed E-state index contributed by atoms with van der Waals surface area (Å²) < 4.78 is 60.3. The van der Waals surface area contributed by atoms with Gasteiger partial charge in [0.15, 0.2) is 0 Å². The van der Waals surface area contributed by atoms with Crippen LogP contribution in [0.2, 0.25) is 0 Å². The van der Waals surface area contributed by atoms with Gasteiger partial charge in [-0.1, -0.05) is 266 Å². The minimum atomic E-state index is -1.12. The second kappa shape index (κ2) is 89.8. The number of hydrogen-bond acceptors (Lipinski definition) is 34. The van der Waals surface area contributed by atoms with Gasteiger partial charge in [0, 0.05) is 117 Å². The molecule has 0 amide bonds. The Morgan fingerprint density at radius 3 is 0.782 bits per heavy atom. The van der Waals surface area contributed by atoms with Crippen LogP contribution in [0, 0.1) is 21.7 Å². The molecule has 25 nitrogen and oxygen atoms in total. The summed E-state index contributed by atoms with van der Waals surface area (Å²) in [6.07, 6.45) is 5.78. The maximum atomic E-state index is 11.4. The van der Waals surface area contributed by atoms with E-state index < -0.39 is 23.4 Å². The second-order valence-corrected chi connectivity index (χ2v) is 54.2. The van der Waals surface area contributed by atoms with Gasteiger partial charge < -0.3 is 62.2 Å². The van der Waals surface area contributed by atoms with E-state index in [4.69, 9.17) is 56.8 Å². The third-order valence-electron chi connectivity index (χ3n) is 14.0. The minimum Gasteiger partial charge on any atom is -0.462 e. The first-order valence-electron chi connectivity index (χ1n) is 46.7. The Labute approximate surface area is 899 Å². The third kappa shape index (κ3) is 134. The molecule has 0 aliphatic heterocycles. The van der Waals surface area contributed by atoms with Crippen LogP contribution in [0.25, 0.3) is 0 Å². The lowest BCUT2D eigenvalue weighted by atomic mass is 9.94. The molecule has 1 N–H and O–H groups in total. The monoisotopic (exact) mass is 2170 g/mol. The van der Waals surface area contributed by atoms with Gasteiger partial charge in [-0.2, -0.15) is 70.6 Å². The number of esters is 12. The highest BCUT2D eigenvalue weighted by Gasteiger charge is 2.36. The average molecular weight is 2170 g/mol. The van der Waals surface area contributed by atoms with Gasteiger partial charge in [-0.05, 0) is 143 Å². The summed E-state index contributed by atoms with van der Waals surface area (Å²) in [7, 11) is 0. The quantitative estimate of drug-likeness (QED) is 0.0194. The lowest BCUT2D eigenvalue weighted by Gasteiger charge is -2.35. The topological polar surface area (TPSA) is 328 Å². The Bertz CT molecular complexity index is 3610. The first-order chi connectivity index (χ1) is 64.6. The van der Waals surface area contributed by atoms with Crippen molar-refractivity contribution in [2.24, 2.45) is 21.7 Å². The van der Waals surface area contributed by atoms with Gasteiger partial charge in [0.1, 0.15) is 63.0 Å². The molecule has 0 saturated heterocycles. The number of thioether (sulfide) groups is 9. The standard InChI is InChI=1S/C18H27NO6.C12H22O2S.2C11H20O2S.3C10H18O2S.2C9H16O2S.C8H14O2S/c1-7-14(20)23-11-18(12-24-15(21)8-2,13-25-16(22)9-3)19-10-17(4,5)6;1-10(2)11(13)14-7-6-8-15-9-12(3,4)5;1-9(2)10(12)13-6-7-14-8-11(3,4)5;1-9(2)10(12)13-7-6-8-14-11(3,4)5;1-8(2)9(11)12-7-13-6-10(3,4)5;1-8(2)9(11)12-6-7-13-10(3,4)5;1-8(2)10(11)12-6-5-7-13-9(3)4;1-7(2)8(10)11-6-12-9(3,4)5;1-7(2)9(10)11-5-6-12-8(3)4;1-6(2)8(9)10-5-11-7(3)4/h7-9,19H,1-3,10-13H2,4-6H3;1,6-9H2,2-5H3;2*1,6-8H2,2-5H3;2*1,6-7H2,2-5H3;9H,1,5-7H2,2-4H3;1,6H2,2-5H3;8H,1,5-6H2,2-4H3;7H,1,5H2,2-4H3. The fraction of sp³-hybridized carbons (Fsp3) is 0.667. The largest absolute Gasteiger partial charge is 0.462 e. The molecular formula is C108H189NO24S9. The van der Waals surface area contributed by atoms with Crippen molar-refractivity contribution in [1.82, 2.24) is 5.32 Å². The van der Waals surface area contributed by atoms with E-state index in [2.05, 4.69) is 250 Å². The molecule has 824 valence electrons. The zero-order valence-electron chi connectivity index (χ0n) is 94.1. The molecule has 0 heterocycles. The van der Waals surface area contributed by atoms with Crippen molar-refractivity contribution >= 4 is 177 Å². The fourth-order valence-corrected chi connectivity index (χ4v) is 13.8. The smallest absolute Gasteiger partial charge is 0.333 e. The Morgan fingerprint density at radius 2 is 0.500 bits per heavy atom. The summed E-state index contributed by atoms with van der Waals surface area (Å²) in [6, 6.07) is 0. The predicted octanol–water partition coefficient (Wildman–Crippen LogP) is 25.9. The van der Waals surface area contributed by atoms with Gasteiger partial charge in [0.2, 0.25) is 0 Å². The molecule has 0 rings (SSSR count). The molecule has 34 heteroatoms. The molecule has 142 heavy (non-hydrogen) atoms. The minimum absolute atomic E-state index is 0.126. The Balaban J connectivity index is -0.000000172. The SMILES string of the molecule is C=C(C)C(=O)OCCCSC(C)(C)C.C=C(C)C(=O)OCCCSC(C)C.C=C(C)C(=O)OCCCSCC(C)(C)C.C=C(C)C(=O)OCCSC(C)(C)C.C=C(C)C(=O)OCCSC(C)C.C=C(C)C(=O)OCCSCC(C)(C)C.C=C(C)C(=O)OCSC(C)(C)C.C=C(C)C(=O)OCSC(C)C.C=C(C)C(=O)OCSCC(C)(C)C.C=CC(=O)OCC(COC(=O)C=C)(COC(=O)C=C)NCC(C)(C)C. The zero-order chi connectivity index (χ0) is 113. The Hall–Kier alpha value is -6.37. The van der Waals surface area contributed by atoms with E-state index in [1.54, 1.807) is 121 Å². The maximum Gasteiger partial charge on any atom is 0.333 e. The summed E-state index contributed by atoms with van der Waals surface area (Å²) in [5, 5.41) is 4.91. The van der Waals surface area contributed by atoms with Crippen molar-refractivity contribution in [1.29, 1.82) is 0 Å². The van der Waals surface area contributed by atoms with Crippen molar-refractivity contribution in [3.63, 3.8) is 0 Å². The average Bonchev–Trinajstić information content (AvgIpc) is 0.844. The maximum absolute atomic E-state index is 11.4. The van der Waals surface area contributed by atoms with Crippen LogP contribution in [-0.4, -0.2) is 243 Å². The second-order valence-electron chi connectivity index (χ2n) is 40.5. The van der Waals surface area contributed by atoms with Crippen LogP contribution in [0.5, 0.6) is 0 Å². The van der Waals surface area contributed by atoms with Crippen molar-refractivity contribution in [2.45, 2.75) is 304 Å². The van der Waals surface area contributed by atoms with Gasteiger partial charge in [-0.15, -0.1) is 35.3 Å². The van der Waals surface area contributed by atoms with Gasteiger partial charge in [-0.3, -0.25) is 0 Å². The fourth-order valence-electron chi connectivity index (χ4n) is 6.89. The third-order valence-corrected chi connectivity index (χ3v) is 25.4. The first kappa shape index (κ1) is 156. The first-order valence-corrected chi connectivity index (χ1v) is 56.3. The summed E-state index contributed by atoms with van der Waals surface area (Å²) in [5.74, 6) is 5.50. The highest BCUT2D eigenvalue weighted by atomic mass is 32.2. The molecule has 0 aliphatic carbocycles. The van der Waals surface area contributed by atoms with Crippen LogP contribution < -0.4 is 5.32 Å². The molecular weight excluding hydrogens is 1980 g/mol. The van der Waals surface area contributed by atoms with E-state index in [0.717, 1.165) is 89.3 Å². The molecule has 0 aliphatic rings. The normalized spacial score (nSPS) is 10.8. The van der Waals surface area contributed by atoms with E-state index >= 15 is 0 Å². The molecule has 0 fully saturated rings. The van der Waals surface area contributed by atoms with Crippen LogP contribution in [-0.2, 0) is 114 Å². The number of rotatable bonds is 53. The van der Waals surface area contributed by atoms with Gasteiger partial charge in [-0.25, -0.2) is 57.5 Å². The van der Waals surface area contributed by atoms with E-state index in [1.165, 1.54) is 0 Å². The van der Waals surface area contributed by atoms with Crippen LogP contribution in [0.3, 0.4) is 0 Å². The lowest BCUT2D eigenvalue weighted by Crippen LogP contribution is -2.59. The Morgan fingerprint density at radius 1 is 0.261 bits per heavy atom. The van der Waals surface area contributed by atoms with E-state index in [-0.39, 0.29) is 93.9 Å². The summed E-state index contributed by atoms with van der Waals surface area (Å²) >= 11 is 15.8. The van der Waals surface area contributed by atoms with E-state index in [0.29, 0.717) is 145 Å². The Kier molecular flexibility index (Phi) is 98.5. The number of hydrogen-bond donors (Lipinski definition) is 1. The lowest BCUT2D eigenvalue weighted by molar-refractivity contribution is -0.151. The highest BCUT2D eigenvalue weighted by molar-refractivity contribution is 8.01. The molecule has 0 radical (unpaired) electrons. The van der Waals surface area contributed by atoms with E-state index in [9.17, 15) is 57.5 Å². The molecule has 0 aromatic carbocycles. The van der Waals surface area contributed by atoms with Crippen LogP contribution >= 0.6 is 106 Å². The highest BCUT2D eigenvalue weighted by Crippen LogP contribution is 2.28. The van der Waals surface area contributed by atoms with Crippen molar-refractivity contribution < 1.29 is 114 Å². The van der Waals surface area contributed by atoms with Crippen LogP contribution in [0.4, 0.5) is 0 Å². The molecule has 0 aromatic rings. The number of ether oxygens (including phenoxy) is 12. The molecule has 0 saturated carbocycles. The summed E-state index contributed by atoms with van der Waals surface area (Å²) in [6.45, 7) is 117. The molecule has 0 aromatic heterocycles. The van der Waals surface area contributed by atoms with Gasteiger partial charge >= 0.3 is 71.6 Å². The van der Waals surface area contributed by atoms with Gasteiger partial charge in [0.05, 0.1) is 19.8 Å². The molecule has 0 atom stereocenters. The number of carbonyl (C=O) groups is 12. The molecule has 0 unspecified atom stereocenters. The summed E-state index contributed by atoms with van der Waals surface area (Å²) in [4.78, 5) is 133. The van der Waals surface area contributed by atoms with Crippen LogP contribution in [0.1, 0.15) is 269 Å². The summed E-state index contributed by atoms with van der Waals surface area (Å²) in [5.41, 5.74) is 3.89. The zero-order valence-corrected chi connectivity index (χ0v) is 101. The van der Waals surface area contributed by atoms with Gasteiger partial charge in [0.25, 0.3) is 0 Å². The van der Waals surface area contributed by atoms with Crippen molar-refractivity contribution in [3.05, 3.63) is 147 Å². The van der Waals surface area contributed by atoms with E-state index in [1.807, 2.05) is 67.8 Å². The molecule has 0 spiro atoms. The number of nitrogens with one attached hydrogen (secondary N) is 1. The predicted molar refractivity (Wildman–Crippen MR) is 615 cm³/mol. The number of carbonyl (C=O) groups excluding carboxylic acids is 12. The van der Waals surface area contributed by atoms with Crippen molar-refractivity contribution in [2.75, 3.05) is 136 Å². The van der Waals surface area contributed by atoms with Crippen LogP contribution in [0.15, 0.2) is 147 Å². The molecule has 0 bridgehead atoms.